The van der Waals surface area contributed by atoms with Crippen molar-refractivity contribution in [3.8, 4) is 5.75 Å². The van der Waals surface area contributed by atoms with Crippen molar-refractivity contribution < 1.29 is 17.9 Å². The topological polar surface area (TPSA) is 84.5 Å². The van der Waals surface area contributed by atoms with Crippen LogP contribution in [0.5, 0.6) is 5.75 Å². The van der Waals surface area contributed by atoms with Gasteiger partial charge < -0.3 is 4.74 Å². The molecule has 0 unspecified atom stereocenters. The van der Waals surface area contributed by atoms with Gasteiger partial charge in [-0.25, -0.2) is 8.42 Å². The maximum absolute atomic E-state index is 12.4. The molecular weight excluding hydrogens is 376 g/mol. The van der Waals surface area contributed by atoms with Crippen LogP contribution in [0.25, 0.3) is 0 Å². The number of carbonyl (C=O) groups is 1. The summed E-state index contributed by atoms with van der Waals surface area (Å²) in [5.74, 6) is -0.186. The maximum Gasteiger partial charge on any atom is 0.278 e. The number of nitrogens with one attached hydrogen (secondary N) is 2. The van der Waals surface area contributed by atoms with E-state index in [-0.39, 0.29) is 4.90 Å². The summed E-state index contributed by atoms with van der Waals surface area (Å²) in [7, 11) is -3.87. The van der Waals surface area contributed by atoms with E-state index in [4.69, 9.17) is 16.3 Å². The van der Waals surface area contributed by atoms with Crippen molar-refractivity contribution in [1.29, 1.82) is 0 Å². The van der Waals surface area contributed by atoms with Crippen LogP contribution < -0.4 is 15.0 Å². The molecule has 26 heavy (non-hydrogen) atoms. The average molecular weight is 397 g/mol. The first kappa shape index (κ1) is 20.2. The zero-order valence-electron chi connectivity index (χ0n) is 15.0. The van der Waals surface area contributed by atoms with Crippen molar-refractivity contribution in [2.75, 3.05) is 0 Å². The Morgan fingerprint density at radius 1 is 1.08 bits per heavy atom. The van der Waals surface area contributed by atoms with Gasteiger partial charge in [0.25, 0.3) is 15.9 Å². The van der Waals surface area contributed by atoms with Gasteiger partial charge >= 0.3 is 0 Å². The van der Waals surface area contributed by atoms with Crippen molar-refractivity contribution in [3.63, 3.8) is 0 Å². The minimum atomic E-state index is -3.87. The third-order valence-electron chi connectivity index (χ3n) is 3.68. The molecule has 0 heterocycles. The van der Waals surface area contributed by atoms with Crippen LogP contribution in [0, 0.1) is 13.8 Å². The summed E-state index contributed by atoms with van der Waals surface area (Å²) in [4.78, 5) is 14.5. The lowest BCUT2D eigenvalue weighted by atomic mass is 10.1. The summed E-state index contributed by atoms with van der Waals surface area (Å²) in [6.45, 7) is 6.74. The van der Waals surface area contributed by atoms with Crippen LogP contribution in [-0.2, 0) is 14.8 Å². The predicted octanol–water partition coefficient (Wildman–Crippen LogP) is 3.12. The number of hydrogen-bond donors (Lipinski definition) is 2. The quantitative estimate of drug-likeness (QED) is 0.734. The van der Waals surface area contributed by atoms with Gasteiger partial charge in [-0.15, -0.1) is 4.83 Å². The summed E-state index contributed by atoms with van der Waals surface area (Å²) in [6.07, 6.45) is 0. The molecule has 0 saturated heterocycles. The van der Waals surface area contributed by atoms with E-state index in [0.717, 1.165) is 11.1 Å². The van der Waals surface area contributed by atoms with Crippen LogP contribution in [-0.4, -0.2) is 19.9 Å². The summed E-state index contributed by atoms with van der Waals surface area (Å²) in [5.41, 5.74) is 2.62. The molecule has 8 heteroatoms. The Balaban J connectivity index is 2.05. The molecule has 140 valence electrons. The molecule has 0 bridgehead atoms. The number of sulfonamides is 1. The minimum Gasteiger partial charge on any atom is -0.478 e. The molecule has 0 saturated carbocycles. The Hall–Kier alpha value is -2.09. The SMILES string of the molecule is Cc1ccc(S(=O)(=O)NNC(=O)C(C)(C)Oc2ccc(Cl)c(C)c2)cc1. The Morgan fingerprint density at radius 3 is 2.27 bits per heavy atom. The number of hydrogen-bond acceptors (Lipinski definition) is 4. The van der Waals surface area contributed by atoms with E-state index < -0.39 is 21.5 Å². The number of carbonyl (C=O) groups excluding carboxylic acids is 1. The molecule has 0 aromatic heterocycles. The van der Waals surface area contributed by atoms with E-state index in [1.165, 1.54) is 26.0 Å². The summed E-state index contributed by atoms with van der Waals surface area (Å²) < 4.78 is 30.1. The minimum absolute atomic E-state index is 0.0513. The largest absolute Gasteiger partial charge is 0.478 e. The first-order valence-electron chi connectivity index (χ1n) is 7.85. The lowest BCUT2D eigenvalue weighted by molar-refractivity contribution is -0.134. The van der Waals surface area contributed by atoms with Crippen molar-refractivity contribution in [2.45, 2.75) is 38.2 Å². The van der Waals surface area contributed by atoms with Crippen LogP contribution in [0.2, 0.25) is 5.02 Å². The van der Waals surface area contributed by atoms with Gasteiger partial charge in [0.05, 0.1) is 4.90 Å². The van der Waals surface area contributed by atoms with E-state index in [2.05, 4.69) is 10.3 Å². The highest BCUT2D eigenvalue weighted by Gasteiger charge is 2.31. The molecule has 0 atom stereocenters. The summed E-state index contributed by atoms with van der Waals surface area (Å²) >= 11 is 5.97. The molecule has 2 aromatic rings. The second-order valence-corrected chi connectivity index (χ2v) is 8.49. The second-order valence-electron chi connectivity index (χ2n) is 6.40. The molecule has 0 aliphatic carbocycles. The fourth-order valence-corrected chi connectivity index (χ4v) is 3.02. The number of aryl methyl sites for hydroxylation is 2. The molecule has 2 rings (SSSR count). The van der Waals surface area contributed by atoms with Gasteiger partial charge in [-0.3, -0.25) is 10.2 Å². The monoisotopic (exact) mass is 396 g/mol. The third-order valence-corrected chi connectivity index (χ3v) is 5.37. The lowest BCUT2D eigenvalue weighted by Crippen LogP contribution is -2.52. The Morgan fingerprint density at radius 2 is 1.69 bits per heavy atom. The molecule has 0 aliphatic rings. The molecule has 2 N–H and O–H groups in total. The molecule has 0 fully saturated rings. The number of rotatable bonds is 6. The van der Waals surface area contributed by atoms with Crippen molar-refractivity contribution in [3.05, 3.63) is 58.6 Å². The number of amides is 1. The average Bonchev–Trinajstić information content (AvgIpc) is 2.56. The Bertz CT molecular complexity index is 909. The highest BCUT2D eigenvalue weighted by molar-refractivity contribution is 7.89. The number of ether oxygens (including phenoxy) is 1. The van der Waals surface area contributed by atoms with Gasteiger partial charge in [-0.1, -0.05) is 29.3 Å². The summed E-state index contributed by atoms with van der Waals surface area (Å²) in [6, 6.07) is 11.3. The molecular formula is C18H21ClN2O4S. The first-order valence-corrected chi connectivity index (χ1v) is 9.71. The van der Waals surface area contributed by atoms with Crippen molar-refractivity contribution >= 4 is 27.5 Å². The fourth-order valence-electron chi connectivity index (χ4n) is 2.06. The highest BCUT2D eigenvalue weighted by atomic mass is 35.5. The molecule has 0 radical (unpaired) electrons. The first-order chi connectivity index (χ1) is 12.0. The Labute approximate surface area is 158 Å². The zero-order valence-corrected chi connectivity index (χ0v) is 16.5. The highest BCUT2D eigenvalue weighted by Crippen LogP contribution is 2.24. The predicted molar refractivity (Wildman–Crippen MR) is 101 cm³/mol. The standard InChI is InChI=1S/C18H21ClN2O4S/c1-12-5-8-15(9-6-12)26(23,24)21-20-17(22)18(3,4)25-14-7-10-16(19)13(2)11-14/h5-11,21H,1-4H3,(H,20,22). The number of benzene rings is 2. The van der Waals surface area contributed by atoms with E-state index in [9.17, 15) is 13.2 Å². The van der Waals surface area contributed by atoms with Gasteiger partial charge in [0.2, 0.25) is 0 Å². The molecule has 2 aromatic carbocycles. The van der Waals surface area contributed by atoms with Gasteiger partial charge in [0, 0.05) is 5.02 Å². The van der Waals surface area contributed by atoms with Gasteiger partial charge in [0.15, 0.2) is 5.60 Å². The second kappa shape index (κ2) is 7.65. The van der Waals surface area contributed by atoms with E-state index >= 15 is 0 Å². The van der Waals surface area contributed by atoms with Crippen molar-refractivity contribution in [2.24, 2.45) is 0 Å². The smallest absolute Gasteiger partial charge is 0.278 e. The number of halogens is 1. The maximum atomic E-state index is 12.4. The van der Waals surface area contributed by atoms with Gasteiger partial charge in [-0.05, 0) is 63.6 Å². The van der Waals surface area contributed by atoms with Crippen LogP contribution in [0.15, 0.2) is 47.4 Å². The molecule has 0 spiro atoms. The van der Waals surface area contributed by atoms with E-state index in [1.807, 2.05) is 13.8 Å². The third kappa shape index (κ3) is 4.97. The normalized spacial score (nSPS) is 11.9. The van der Waals surface area contributed by atoms with E-state index in [1.54, 1.807) is 30.3 Å². The molecule has 0 aliphatic heterocycles. The fraction of sp³-hybridized carbons (Fsp3) is 0.278. The van der Waals surface area contributed by atoms with Gasteiger partial charge in [0.1, 0.15) is 5.75 Å². The zero-order chi connectivity index (χ0) is 19.5. The van der Waals surface area contributed by atoms with Crippen LogP contribution >= 0.6 is 11.6 Å². The summed E-state index contributed by atoms with van der Waals surface area (Å²) in [5, 5.41) is 0.588. The molecule has 1 amide bonds. The van der Waals surface area contributed by atoms with Gasteiger partial charge in [-0.2, -0.15) is 0 Å². The van der Waals surface area contributed by atoms with Crippen LogP contribution in [0.4, 0.5) is 0 Å². The lowest BCUT2D eigenvalue weighted by Gasteiger charge is -2.25. The van der Waals surface area contributed by atoms with Crippen LogP contribution in [0.1, 0.15) is 25.0 Å². The van der Waals surface area contributed by atoms with Crippen LogP contribution in [0.3, 0.4) is 0 Å². The Kier molecular flexibility index (Phi) is 5.95. The number of hydrazine groups is 1. The molecule has 6 nitrogen and oxygen atoms in total. The van der Waals surface area contributed by atoms with Crippen molar-refractivity contribution in [1.82, 2.24) is 10.3 Å². The van der Waals surface area contributed by atoms with E-state index in [0.29, 0.717) is 10.8 Å².